The van der Waals surface area contributed by atoms with Crippen molar-refractivity contribution in [2.24, 2.45) is 12.8 Å². The van der Waals surface area contributed by atoms with Gasteiger partial charge in [0.1, 0.15) is 0 Å². The average molecular weight is 301 g/mol. The van der Waals surface area contributed by atoms with Crippen molar-refractivity contribution in [1.29, 1.82) is 0 Å². The number of carbonyl (C=O) groups is 1. The molecule has 0 fully saturated rings. The van der Waals surface area contributed by atoms with Gasteiger partial charge in [0.15, 0.2) is 5.82 Å². The minimum atomic E-state index is -0.693. The number of nitrogens with zero attached hydrogens (tertiary/aromatic N) is 4. The third kappa shape index (κ3) is 2.56. The maximum absolute atomic E-state index is 11.7. The van der Waals surface area contributed by atoms with E-state index < -0.39 is 11.9 Å². The Kier molecular flexibility index (Phi) is 3.59. The molecule has 0 unspecified atom stereocenters. The zero-order valence-corrected chi connectivity index (χ0v) is 12.6. The highest BCUT2D eigenvalue weighted by Gasteiger charge is 2.29. The first-order valence-electron chi connectivity index (χ1n) is 7.06. The summed E-state index contributed by atoms with van der Waals surface area (Å²) in [6.07, 6.45) is 2.33. The van der Waals surface area contributed by atoms with E-state index in [1.807, 2.05) is 43.4 Å². The molecule has 0 saturated heterocycles. The molecule has 7 heteroatoms. The summed E-state index contributed by atoms with van der Waals surface area (Å²) in [6.45, 7) is 0.679. The van der Waals surface area contributed by atoms with E-state index in [9.17, 15) is 10.0 Å². The van der Waals surface area contributed by atoms with Crippen molar-refractivity contribution in [3.05, 3.63) is 41.6 Å². The number of benzene rings is 1. The van der Waals surface area contributed by atoms with E-state index in [1.165, 1.54) is 0 Å². The second kappa shape index (κ2) is 5.43. The highest BCUT2D eigenvalue weighted by molar-refractivity contribution is 5.98. The fraction of sp³-hybridized carbons (Fsp3) is 0.333. The van der Waals surface area contributed by atoms with Crippen LogP contribution in [0.15, 0.2) is 30.5 Å². The Morgan fingerprint density at radius 2 is 2.23 bits per heavy atom. The monoisotopic (exact) mass is 301 g/mol. The molecule has 1 aliphatic heterocycles. The number of hydrogen-bond donors (Lipinski definition) is 2. The maximum Gasteiger partial charge on any atom is 0.267 e. The summed E-state index contributed by atoms with van der Waals surface area (Å²) in [5, 5.41) is 14.8. The van der Waals surface area contributed by atoms with Gasteiger partial charge in [0.25, 0.3) is 5.91 Å². The lowest BCUT2D eigenvalue weighted by molar-refractivity contribution is -0.125. The standard InChI is InChI=1S/C15H19N5O2/c1-18(14-5-6-19(2)17-14)9-10-3-4-13-11(7-10)8-12(16)15(21)20(13)22/h3-7,12,22H,8-9,16H2,1-2H3/t12-/m0/s1. The molecule has 1 aliphatic rings. The summed E-state index contributed by atoms with van der Waals surface area (Å²) < 4.78 is 1.76. The Hall–Kier alpha value is -2.38. The normalized spacial score (nSPS) is 17.5. The van der Waals surface area contributed by atoms with Crippen LogP contribution in [0.1, 0.15) is 11.1 Å². The van der Waals surface area contributed by atoms with Crippen molar-refractivity contribution in [2.45, 2.75) is 19.0 Å². The molecule has 1 aromatic heterocycles. The summed E-state index contributed by atoms with van der Waals surface area (Å²) >= 11 is 0. The van der Waals surface area contributed by atoms with Crippen LogP contribution in [0.3, 0.4) is 0 Å². The summed E-state index contributed by atoms with van der Waals surface area (Å²) in [7, 11) is 3.85. The Bertz CT molecular complexity index is 712. The molecule has 116 valence electrons. The zero-order chi connectivity index (χ0) is 15.9. The second-order valence-electron chi connectivity index (χ2n) is 5.63. The van der Waals surface area contributed by atoms with Gasteiger partial charge < -0.3 is 10.6 Å². The maximum atomic E-state index is 11.7. The van der Waals surface area contributed by atoms with Crippen LogP contribution in [0.4, 0.5) is 11.5 Å². The van der Waals surface area contributed by atoms with Crippen molar-refractivity contribution in [3.63, 3.8) is 0 Å². The largest absolute Gasteiger partial charge is 0.354 e. The van der Waals surface area contributed by atoms with E-state index in [0.717, 1.165) is 16.9 Å². The molecular weight excluding hydrogens is 282 g/mol. The number of rotatable bonds is 3. The molecule has 0 saturated carbocycles. The Morgan fingerprint density at radius 1 is 1.45 bits per heavy atom. The first-order chi connectivity index (χ1) is 10.5. The molecule has 7 nitrogen and oxygen atoms in total. The van der Waals surface area contributed by atoms with Crippen LogP contribution >= 0.6 is 0 Å². The summed E-state index contributed by atoms with van der Waals surface area (Å²) in [4.78, 5) is 13.7. The lowest BCUT2D eigenvalue weighted by Gasteiger charge is -2.28. The molecule has 1 aromatic carbocycles. The molecule has 22 heavy (non-hydrogen) atoms. The topological polar surface area (TPSA) is 87.6 Å². The van der Waals surface area contributed by atoms with Crippen LogP contribution in [0.2, 0.25) is 0 Å². The second-order valence-corrected chi connectivity index (χ2v) is 5.63. The van der Waals surface area contributed by atoms with Gasteiger partial charge in [0, 0.05) is 32.9 Å². The van der Waals surface area contributed by atoms with Crippen LogP contribution in [0, 0.1) is 0 Å². The molecule has 3 N–H and O–H groups in total. The van der Waals surface area contributed by atoms with Crippen LogP contribution in [0.5, 0.6) is 0 Å². The van der Waals surface area contributed by atoms with Gasteiger partial charge >= 0.3 is 0 Å². The predicted molar refractivity (Wildman–Crippen MR) is 82.7 cm³/mol. The SMILES string of the molecule is CN(Cc1ccc2c(c1)C[C@H](N)C(=O)N2O)c1ccn(C)n1. The minimum Gasteiger partial charge on any atom is -0.354 e. The minimum absolute atomic E-state index is 0.437. The molecule has 1 atom stereocenters. The average Bonchev–Trinajstić information content (AvgIpc) is 2.91. The number of aromatic nitrogens is 2. The molecule has 0 radical (unpaired) electrons. The van der Waals surface area contributed by atoms with Gasteiger partial charge in [-0.3, -0.25) is 14.7 Å². The zero-order valence-electron chi connectivity index (χ0n) is 12.6. The number of fused-ring (bicyclic) bond motifs is 1. The van der Waals surface area contributed by atoms with Crippen LogP contribution in [-0.2, 0) is 24.8 Å². The van der Waals surface area contributed by atoms with Crippen molar-refractivity contribution in [3.8, 4) is 0 Å². The Morgan fingerprint density at radius 3 is 2.91 bits per heavy atom. The highest BCUT2D eigenvalue weighted by atomic mass is 16.5. The lowest BCUT2D eigenvalue weighted by atomic mass is 9.97. The van der Waals surface area contributed by atoms with Crippen LogP contribution < -0.4 is 15.7 Å². The molecule has 2 heterocycles. The molecule has 0 spiro atoms. The summed E-state index contributed by atoms with van der Waals surface area (Å²) in [5.74, 6) is 0.418. The van der Waals surface area contributed by atoms with E-state index in [4.69, 9.17) is 5.73 Å². The van der Waals surface area contributed by atoms with E-state index in [-0.39, 0.29) is 0 Å². The van der Waals surface area contributed by atoms with Gasteiger partial charge in [0.2, 0.25) is 0 Å². The first-order valence-corrected chi connectivity index (χ1v) is 7.06. The van der Waals surface area contributed by atoms with E-state index in [0.29, 0.717) is 23.7 Å². The first kappa shape index (κ1) is 14.6. The number of anilines is 2. The van der Waals surface area contributed by atoms with E-state index in [1.54, 1.807) is 10.7 Å². The summed E-state index contributed by atoms with van der Waals surface area (Å²) in [6, 6.07) is 6.88. The summed E-state index contributed by atoms with van der Waals surface area (Å²) in [5.41, 5.74) is 8.21. The van der Waals surface area contributed by atoms with Crippen molar-refractivity contribution >= 4 is 17.4 Å². The van der Waals surface area contributed by atoms with Gasteiger partial charge in [-0.05, 0) is 23.6 Å². The van der Waals surface area contributed by atoms with Crippen molar-refractivity contribution in [2.75, 3.05) is 17.0 Å². The Balaban J connectivity index is 1.82. The quantitative estimate of drug-likeness (QED) is 0.813. The molecule has 2 aromatic rings. The smallest absolute Gasteiger partial charge is 0.267 e. The van der Waals surface area contributed by atoms with Crippen molar-refractivity contribution in [1.82, 2.24) is 9.78 Å². The molecule has 3 rings (SSSR count). The Labute approximate surface area is 128 Å². The lowest BCUT2D eigenvalue weighted by Crippen LogP contribution is -2.47. The fourth-order valence-corrected chi connectivity index (χ4v) is 2.67. The van der Waals surface area contributed by atoms with Crippen molar-refractivity contribution < 1.29 is 10.0 Å². The fourth-order valence-electron chi connectivity index (χ4n) is 2.67. The number of aryl methyl sites for hydroxylation is 1. The van der Waals surface area contributed by atoms with Crippen LogP contribution in [-0.4, -0.2) is 34.0 Å². The number of carbonyl (C=O) groups excluding carboxylic acids is 1. The molecule has 0 bridgehead atoms. The van der Waals surface area contributed by atoms with Gasteiger partial charge in [-0.1, -0.05) is 12.1 Å². The van der Waals surface area contributed by atoms with Gasteiger partial charge in [-0.15, -0.1) is 0 Å². The van der Waals surface area contributed by atoms with Crippen LogP contribution in [0.25, 0.3) is 0 Å². The van der Waals surface area contributed by atoms with Gasteiger partial charge in [0.05, 0.1) is 11.7 Å². The highest BCUT2D eigenvalue weighted by Crippen LogP contribution is 2.27. The van der Waals surface area contributed by atoms with Gasteiger partial charge in [-0.2, -0.15) is 10.2 Å². The van der Waals surface area contributed by atoms with E-state index in [2.05, 4.69) is 5.10 Å². The third-order valence-corrected chi connectivity index (χ3v) is 3.85. The molecule has 1 amide bonds. The number of hydroxylamine groups is 1. The van der Waals surface area contributed by atoms with Gasteiger partial charge in [-0.25, -0.2) is 0 Å². The third-order valence-electron chi connectivity index (χ3n) is 3.85. The predicted octanol–water partition coefficient (Wildman–Crippen LogP) is 0.662. The molecular formula is C15H19N5O2. The number of hydrogen-bond acceptors (Lipinski definition) is 5. The number of nitrogens with two attached hydrogens (primary N) is 1. The molecule has 0 aliphatic carbocycles. The van der Waals surface area contributed by atoms with E-state index >= 15 is 0 Å². The number of amides is 1.